The lowest BCUT2D eigenvalue weighted by Crippen LogP contribution is -2.06. The lowest BCUT2D eigenvalue weighted by Gasteiger charge is -2.04. The zero-order valence-electron chi connectivity index (χ0n) is 11.7. The molecule has 0 spiro atoms. The number of aromatic nitrogens is 2. The fourth-order valence-corrected chi connectivity index (χ4v) is 3.33. The Hall–Kier alpha value is -3.07. The van der Waals surface area contributed by atoms with Gasteiger partial charge in [0.05, 0.1) is 0 Å². The summed E-state index contributed by atoms with van der Waals surface area (Å²) in [5, 5.41) is 5.02. The Morgan fingerprint density at radius 1 is 0.545 bits per heavy atom. The molecule has 2 N–H and O–H groups in total. The highest BCUT2D eigenvalue weighted by Gasteiger charge is 2.10. The van der Waals surface area contributed by atoms with Gasteiger partial charge in [-0.3, -0.25) is 4.79 Å². The van der Waals surface area contributed by atoms with Crippen LogP contribution in [0.4, 0.5) is 0 Å². The molecule has 0 aliphatic carbocycles. The SMILES string of the molecule is O=c1[nH]c2ccccc2c2cc3[nH]c4ccccc4c3cc12. The van der Waals surface area contributed by atoms with E-state index in [9.17, 15) is 4.79 Å². The summed E-state index contributed by atoms with van der Waals surface area (Å²) >= 11 is 0. The van der Waals surface area contributed by atoms with Crippen molar-refractivity contribution in [3.8, 4) is 0 Å². The molecule has 0 bridgehead atoms. The standard InChI is InChI=1S/C19H12N2O/c22-19-15-9-14-12-6-2-3-7-16(12)20-18(14)10-13(15)11-5-1-4-8-17(11)21-19/h1-10,20H,(H,21,22). The van der Waals surface area contributed by atoms with E-state index in [1.807, 2.05) is 42.5 Å². The number of pyridine rings is 1. The predicted molar refractivity (Wildman–Crippen MR) is 91.4 cm³/mol. The molecule has 5 rings (SSSR count). The van der Waals surface area contributed by atoms with E-state index in [1.54, 1.807) is 0 Å². The van der Waals surface area contributed by atoms with Gasteiger partial charge in [0.1, 0.15) is 0 Å². The highest BCUT2D eigenvalue weighted by atomic mass is 16.1. The molecule has 0 atom stereocenters. The second kappa shape index (κ2) is 3.98. The molecular weight excluding hydrogens is 272 g/mol. The maximum Gasteiger partial charge on any atom is 0.256 e. The van der Waals surface area contributed by atoms with Crippen molar-refractivity contribution in [1.29, 1.82) is 0 Å². The van der Waals surface area contributed by atoms with Crippen molar-refractivity contribution in [3.05, 3.63) is 71.0 Å². The van der Waals surface area contributed by atoms with Crippen LogP contribution in [-0.4, -0.2) is 9.97 Å². The molecule has 0 saturated heterocycles. The molecule has 22 heavy (non-hydrogen) atoms. The Bertz CT molecular complexity index is 1240. The van der Waals surface area contributed by atoms with Crippen molar-refractivity contribution in [1.82, 2.24) is 9.97 Å². The number of nitrogens with one attached hydrogen (secondary N) is 2. The van der Waals surface area contributed by atoms with Gasteiger partial charge in [-0.1, -0.05) is 36.4 Å². The zero-order chi connectivity index (χ0) is 14.7. The fraction of sp³-hybridized carbons (Fsp3) is 0. The highest BCUT2D eigenvalue weighted by molar-refractivity contribution is 6.16. The first kappa shape index (κ1) is 11.6. The van der Waals surface area contributed by atoms with E-state index in [0.29, 0.717) is 0 Å². The van der Waals surface area contributed by atoms with Crippen molar-refractivity contribution in [2.45, 2.75) is 0 Å². The minimum atomic E-state index is -0.0409. The number of H-pyrrole nitrogens is 2. The van der Waals surface area contributed by atoms with E-state index < -0.39 is 0 Å². The topological polar surface area (TPSA) is 48.6 Å². The Morgan fingerprint density at radius 2 is 1.18 bits per heavy atom. The van der Waals surface area contributed by atoms with Gasteiger partial charge in [-0.05, 0) is 29.7 Å². The zero-order valence-corrected chi connectivity index (χ0v) is 11.7. The number of para-hydroxylation sites is 2. The van der Waals surface area contributed by atoms with Crippen molar-refractivity contribution in [2.75, 3.05) is 0 Å². The minimum absolute atomic E-state index is 0.0409. The molecule has 3 aromatic carbocycles. The molecule has 0 radical (unpaired) electrons. The lowest BCUT2D eigenvalue weighted by atomic mass is 10.0. The molecule has 5 aromatic rings. The monoisotopic (exact) mass is 284 g/mol. The van der Waals surface area contributed by atoms with Gasteiger partial charge in [0, 0.05) is 38.1 Å². The van der Waals surface area contributed by atoms with E-state index in [-0.39, 0.29) is 5.56 Å². The number of hydrogen-bond acceptors (Lipinski definition) is 1. The van der Waals surface area contributed by atoms with Crippen LogP contribution >= 0.6 is 0 Å². The summed E-state index contributed by atoms with van der Waals surface area (Å²) in [6, 6.07) is 20.2. The Labute approximate surface area is 125 Å². The summed E-state index contributed by atoms with van der Waals surface area (Å²) in [6.07, 6.45) is 0. The van der Waals surface area contributed by atoms with E-state index in [0.717, 1.165) is 43.5 Å². The van der Waals surface area contributed by atoms with Crippen LogP contribution in [-0.2, 0) is 0 Å². The third kappa shape index (κ3) is 1.42. The second-order valence-electron chi connectivity index (χ2n) is 5.61. The van der Waals surface area contributed by atoms with Crippen molar-refractivity contribution in [2.24, 2.45) is 0 Å². The summed E-state index contributed by atoms with van der Waals surface area (Å²) < 4.78 is 0. The Kier molecular flexibility index (Phi) is 2.09. The van der Waals surface area contributed by atoms with Crippen LogP contribution in [0, 0.1) is 0 Å². The largest absolute Gasteiger partial charge is 0.354 e. The average Bonchev–Trinajstić information content (AvgIpc) is 2.91. The molecule has 0 aliphatic heterocycles. The quantitative estimate of drug-likeness (QED) is 0.409. The molecule has 0 amide bonds. The third-order valence-corrected chi connectivity index (χ3v) is 4.35. The van der Waals surface area contributed by atoms with E-state index in [1.165, 1.54) is 0 Å². The number of aromatic amines is 2. The molecule has 104 valence electrons. The van der Waals surface area contributed by atoms with Crippen LogP contribution in [0.5, 0.6) is 0 Å². The molecule has 0 fully saturated rings. The summed E-state index contributed by atoms with van der Waals surface area (Å²) in [5.41, 5.74) is 2.98. The predicted octanol–water partition coefficient (Wildman–Crippen LogP) is 4.32. The highest BCUT2D eigenvalue weighted by Crippen LogP contribution is 2.30. The van der Waals surface area contributed by atoms with Crippen LogP contribution in [0.2, 0.25) is 0 Å². The Balaban J connectivity index is 2.09. The summed E-state index contributed by atoms with van der Waals surface area (Å²) in [5.74, 6) is 0. The van der Waals surface area contributed by atoms with E-state index >= 15 is 0 Å². The minimum Gasteiger partial charge on any atom is -0.354 e. The maximum atomic E-state index is 12.4. The van der Waals surface area contributed by atoms with Crippen LogP contribution < -0.4 is 5.56 Å². The molecule has 0 aliphatic rings. The van der Waals surface area contributed by atoms with Gasteiger partial charge in [0.2, 0.25) is 0 Å². The van der Waals surface area contributed by atoms with Crippen LogP contribution in [0.25, 0.3) is 43.5 Å². The number of fused-ring (bicyclic) bond motifs is 6. The maximum absolute atomic E-state index is 12.4. The van der Waals surface area contributed by atoms with Gasteiger partial charge >= 0.3 is 0 Å². The number of hydrogen-bond donors (Lipinski definition) is 2. The molecule has 3 heteroatoms. The van der Waals surface area contributed by atoms with E-state index in [2.05, 4.69) is 28.2 Å². The van der Waals surface area contributed by atoms with Gasteiger partial charge in [0.15, 0.2) is 0 Å². The molecule has 0 unspecified atom stereocenters. The van der Waals surface area contributed by atoms with Gasteiger partial charge in [-0.25, -0.2) is 0 Å². The number of rotatable bonds is 0. The summed E-state index contributed by atoms with van der Waals surface area (Å²) in [4.78, 5) is 18.8. The first-order valence-electron chi connectivity index (χ1n) is 7.26. The van der Waals surface area contributed by atoms with Gasteiger partial charge in [-0.15, -0.1) is 0 Å². The first-order chi connectivity index (χ1) is 10.8. The number of benzene rings is 3. The first-order valence-corrected chi connectivity index (χ1v) is 7.26. The summed E-state index contributed by atoms with van der Waals surface area (Å²) in [7, 11) is 0. The van der Waals surface area contributed by atoms with Crippen molar-refractivity contribution < 1.29 is 0 Å². The van der Waals surface area contributed by atoms with Gasteiger partial charge in [-0.2, -0.15) is 0 Å². The second-order valence-corrected chi connectivity index (χ2v) is 5.61. The van der Waals surface area contributed by atoms with E-state index in [4.69, 9.17) is 0 Å². The van der Waals surface area contributed by atoms with Crippen molar-refractivity contribution in [3.63, 3.8) is 0 Å². The molecule has 0 saturated carbocycles. The smallest absolute Gasteiger partial charge is 0.256 e. The third-order valence-electron chi connectivity index (χ3n) is 4.35. The average molecular weight is 284 g/mol. The molecule has 3 nitrogen and oxygen atoms in total. The normalized spacial score (nSPS) is 11.8. The molecule has 2 heterocycles. The van der Waals surface area contributed by atoms with Crippen molar-refractivity contribution >= 4 is 43.5 Å². The fourth-order valence-electron chi connectivity index (χ4n) is 3.33. The van der Waals surface area contributed by atoms with Crippen LogP contribution in [0.15, 0.2) is 65.5 Å². The molecule has 2 aromatic heterocycles. The van der Waals surface area contributed by atoms with Crippen LogP contribution in [0.3, 0.4) is 0 Å². The lowest BCUT2D eigenvalue weighted by molar-refractivity contribution is 1.35. The molecular formula is C19H12N2O. The van der Waals surface area contributed by atoms with Gasteiger partial charge in [0.25, 0.3) is 5.56 Å². The Morgan fingerprint density at radius 3 is 1.95 bits per heavy atom. The summed E-state index contributed by atoms with van der Waals surface area (Å²) in [6.45, 7) is 0. The van der Waals surface area contributed by atoms with Gasteiger partial charge < -0.3 is 9.97 Å². The van der Waals surface area contributed by atoms with Crippen LogP contribution in [0.1, 0.15) is 0 Å².